The van der Waals surface area contributed by atoms with Crippen molar-refractivity contribution in [3.8, 4) is 0 Å². The molecule has 5 heteroatoms. The highest BCUT2D eigenvalue weighted by atomic mass is 32.2. The van der Waals surface area contributed by atoms with E-state index in [9.17, 15) is 0 Å². The molecule has 2 aromatic rings. The summed E-state index contributed by atoms with van der Waals surface area (Å²) in [5, 5.41) is 8.92. The van der Waals surface area contributed by atoms with Gasteiger partial charge in [-0.1, -0.05) is 12.5 Å². The molecule has 16 heavy (non-hydrogen) atoms. The summed E-state index contributed by atoms with van der Waals surface area (Å²) < 4.78 is 1.98. The molecule has 1 aliphatic rings. The van der Waals surface area contributed by atoms with Crippen LogP contribution in [0.3, 0.4) is 0 Å². The van der Waals surface area contributed by atoms with Crippen LogP contribution in [0.2, 0.25) is 0 Å². The molecule has 0 saturated carbocycles. The Labute approximate surface area is 98.2 Å². The number of nitrogen functional groups attached to an aromatic ring is 1. The number of nitrogens with two attached hydrogens (primary N) is 1. The number of thioether (sulfide) groups is 1. The van der Waals surface area contributed by atoms with E-state index < -0.39 is 0 Å². The molecule has 1 atom stereocenters. The van der Waals surface area contributed by atoms with Gasteiger partial charge in [-0.2, -0.15) is 11.8 Å². The first-order chi connectivity index (χ1) is 7.86. The van der Waals surface area contributed by atoms with Gasteiger partial charge in [-0.3, -0.25) is 4.40 Å². The van der Waals surface area contributed by atoms with Crippen molar-refractivity contribution < 1.29 is 0 Å². The van der Waals surface area contributed by atoms with Crippen LogP contribution < -0.4 is 5.73 Å². The topological polar surface area (TPSA) is 56.2 Å². The molecule has 3 rings (SSSR count). The van der Waals surface area contributed by atoms with E-state index in [4.69, 9.17) is 5.73 Å². The maximum absolute atomic E-state index is 5.98. The van der Waals surface area contributed by atoms with E-state index in [0.717, 1.165) is 17.3 Å². The summed E-state index contributed by atoms with van der Waals surface area (Å²) >= 11 is 1.97. The molecule has 1 fully saturated rings. The molecule has 0 spiro atoms. The summed E-state index contributed by atoms with van der Waals surface area (Å²) in [6, 6.07) is 5.75. The first kappa shape index (κ1) is 9.96. The van der Waals surface area contributed by atoms with Gasteiger partial charge in [0.25, 0.3) is 0 Å². The molecule has 0 aliphatic carbocycles. The molecule has 0 amide bonds. The Hall–Kier alpha value is -1.23. The largest absolute Gasteiger partial charge is 0.385 e. The predicted molar refractivity (Wildman–Crippen MR) is 66.4 cm³/mol. The zero-order chi connectivity index (χ0) is 11.0. The van der Waals surface area contributed by atoms with Gasteiger partial charge in [0.05, 0.1) is 5.25 Å². The third kappa shape index (κ3) is 1.55. The fourth-order valence-electron chi connectivity index (χ4n) is 2.14. The van der Waals surface area contributed by atoms with Crippen LogP contribution in [0.15, 0.2) is 18.2 Å². The summed E-state index contributed by atoms with van der Waals surface area (Å²) in [5.74, 6) is 2.95. The van der Waals surface area contributed by atoms with Crippen molar-refractivity contribution in [2.24, 2.45) is 0 Å². The van der Waals surface area contributed by atoms with Crippen LogP contribution in [0.25, 0.3) is 5.65 Å². The average Bonchev–Trinajstić information content (AvgIpc) is 2.75. The minimum atomic E-state index is 0.452. The van der Waals surface area contributed by atoms with E-state index in [2.05, 4.69) is 10.2 Å². The number of nitrogens with zero attached hydrogens (tertiary/aromatic N) is 3. The van der Waals surface area contributed by atoms with E-state index in [1.54, 1.807) is 0 Å². The molecule has 0 radical (unpaired) electrons. The van der Waals surface area contributed by atoms with Gasteiger partial charge in [-0.15, -0.1) is 10.2 Å². The first-order valence-electron chi connectivity index (χ1n) is 5.57. The van der Waals surface area contributed by atoms with Crippen LogP contribution >= 0.6 is 11.8 Å². The summed E-state index contributed by atoms with van der Waals surface area (Å²) in [4.78, 5) is 0. The van der Waals surface area contributed by atoms with E-state index in [1.165, 1.54) is 25.0 Å². The van der Waals surface area contributed by atoms with Crippen molar-refractivity contribution in [1.29, 1.82) is 0 Å². The zero-order valence-electron chi connectivity index (χ0n) is 8.97. The van der Waals surface area contributed by atoms with Crippen molar-refractivity contribution in [2.75, 3.05) is 11.5 Å². The number of fused-ring (bicyclic) bond motifs is 1. The normalized spacial score (nSPS) is 21.4. The van der Waals surface area contributed by atoms with Crippen LogP contribution in [-0.4, -0.2) is 20.4 Å². The second-order valence-electron chi connectivity index (χ2n) is 4.06. The van der Waals surface area contributed by atoms with E-state index in [1.807, 2.05) is 34.4 Å². The highest BCUT2D eigenvalue weighted by Crippen LogP contribution is 2.37. The Balaban J connectivity index is 2.09. The number of pyridine rings is 1. The lowest BCUT2D eigenvalue weighted by molar-refractivity contribution is 0.658. The fraction of sp³-hybridized carbons (Fsp3) is 0.455. The van der Waals surface area contributed by atoms with Crippen molar-refractivity contribution in [1.82, 2.24) is 14.6 Å². The second kappa shape index (κ2) is 3.97. The molecular weight excluding hydrogens is 220 g/mol. The second-order valence-corrected chi connectivity index (χ2v) is 5.37. The van der Waals surface area contributed by atoms with Crippen LogP contribution in [0.1, 0.15) is 30.3 Å². The van der Waals surface area contributed by atoms with Crippen LogP contribution in [-0.2, 0) is 0 Å². The summed E-state index contributed by atoms with van der Waals surface area (Å²) in [7, 11) is 0. The van der Waals surface area contributed by atoms with Crippen molar-refractivity contribution in [3.05, 3.63) is 24.0 Å². The van der Waals surface area contributed by atoms with Crippen molar-refractivity contribution in [2.45, 2.75) is 24.5 Å². The number of rotatable bonds is 1. The number of anilines is 1. The lowest BCUT2D eigenvalue weighted by Crippen LogP contribution is -2.08. The minimum Gasteiger partial charge on any atom is -0.385 e. The fourth-order valence-corrected chi connectivity index (χ4v) is 3.43. The molecule has 1 aliphatic heterocycles. The predicted octanol–water partition coefficient (Wildman–Crippen LogP) is 2.27. The van der Waals surface area contributed by atoms with Crippen molar-refractivity contribution in [3.63, 3.8) is 0 Å². The molecule has 0 aromatic carbocycles. The smallest absolute Gasteiger partial charge is 0.162 e. The Kier molecular flexibility index (Phi) is 2.47. The molecule has 4 nitrogen and oxygen atoms in total. The molecule has 2 N–H and O–H groups in total. The summed E-state index contributed by atoms with van der Waals surface area (Å²) in [6.45, 7) is 0. The quantitative estimate of drug-likeness (QED) is 0.822. The first-order valence-corrected chi connectivity index (χ1v) is 6.62. The van der Waals surface area contributed by atoms with E-state index >= 15 is 0 Å². The van der Waals surface area contributed by atoms with Gasteiger partial charge in [-0.25, -0.2) is 0 Å². The highest BCUT2D eigenvalue weighted by molar-refractivity contribution is 7.99. The van der Waals surface area contributed by atoms with Gasteiger partial charge in [0.2, 0.25) is 0 Å². The minimum absolute atomic E-state index is 0.452. The zero-order valence-corrected chi connectivity index (χ0v) is 9.78. The molecule has 1 saturated heterocycles. The van der Waals surface area contributed by atoms with Crippen LogP contribution in [0.4, 0.5) is 5.82 Å². The molecule has 2 aromatic heterocycles. The molecule has 3 heterocycles. The number of hydrogen-bond donors (Lipinski definition) is 1. The molecule has 1 unspecified atom stereocenters. The maximum atomic E-state index is 5.98. The van der Waals surface area contributed by atoms with E-state index in [-0.39, 0.29) is 0 Å². The Morgan fingerprint density at radius 2 is 2.25 bits per heavy atom. The molecule has 0 bridgehead atoms. The van der Waals surface area contributed by atoms with Gasteiger partial charge in [0.15, 0.2) is 11.5 Å². The standard InChI is InChI=1S/C11H14N4S/c12-9-5-3-6-10-13-14-11(15(9)10)8-4-1-2-7-16-8/h3,5-6,8H,1-2,4,7,12H2. The van der Waals surface area contributed by atoms with Gasteiger partial charge in [0.1, 0.15) is 5.82 Å². The van der Waals surface area contributed by atoms with Gasteiger partial charge < -0.3 is 5.73 Å². The third-order valence-electron chi connectivity index (χ3n) is 2.95. The van der Waals surface area contributed by atoms with Crippen LogP contribution in [0.5, 0.6) is 0 Å². The lowest BCUT2D eigenvalue weighted by atomic mass is 10.2. The van der Waals surface area contributed by atoms with Crippen molar-refractivity contribution >= 4 is 23.2 Å². The third-order valence-corrected chi connectivity index (χ3v) is 4.32. The van der Waals surface area contributed by atoms with Gasteiger partial charge in [0, 0.05) is 0 Å². The number of hydrogen-bond acceptors (Lipinski definition) is 4. The van der Waals surface area contributed by atoms with Gasteiger partial charge >= 0.3 is 0 Å². The Morgan fingerprint density at radius 1 is 1.31 bits per heavy atom. The Morgan fingerprint density at radius 3 is 3.06 bits per heavy atom. The average molecular weight is 234 g/mol. The summed E-state index contributed by atoms with van der Waals surface area (Å²) in [6.07, 6.45) is 3.77. The lowest BCUT2D eigenvalue weighted by Gasteiger charge is -2.19. The SMILES string of the molecule is Nc1cccc2nnc(C3CCCCS3)n12. The van der Waals surface area contributed by atoms with E-state index in [0.29, 0.717) is 5.25 Å². The molecular formula is C11H14N4S. The maximum Gasteiger partial charge on any atom is 0.162 e. The monoisotopic (exact) mass is 234 g/mol. The van der Waals surface area contributed by atoms with Gasteiger partial charge in [-0.05, 0) is 30.7 Å². The summed E-state index contributed by atoms with van der Waals surface area (Å²) in [5.41, 5.74) is 6.83. The highest BCUT2D eigenvalue weighted by Gasteiger charge is 2.21. The molecule has 84 valence electrons. The van der Waals surface area contributed by atoms with Crippen LogP contribution in [0, 0.1) is 0 Å². The number of aromatic nitrogens is 3. The Bertz CT molecular complexity index is 502.